The van der Waals surface area contributed by atoms with E-state index in [2.05, 4.69) is 0 Å². The van der Waals surface area contributed by atoms with E-state index >= 15 is 0 Å². The molecule has 0 fully saturated rings. The summed E-state index contributed by atoms with van der Waals surface area (Å²) >= 11 is 0. The number of hydrogen-bond donors (Lipinski definition) is 0. The first kappa shape index (κ1) is 13.5. The van der Waals surface area contributed by atoms with Crippen molar-refractivity contribution >= 4 is 5.78 Å². The molecule has 108 valence electrons. The van der Waals surface area contributed by atoms with Crippen LogP contribution in [0.25, 0.3) is 0 Å². The van der Waals surface area contributed by atoms with Crippen LogP contribution in [0.15, 0.2) is 36.4 Å². The predicted molar refractivity (Wildman–Crippen MR) is 78.4 cm³/mol. The number of fused-ring (bicyclic) bond motifs is 1. The number of methoxy groups -OCH3 is 2. The highest BCUT2D eigenvalue weighted by Crippen LogP contribution is 2.42. The molecule has 0 aromatic heterocycles. The van der Waals surface area contributed by atoms with E-state index in [4.69, 9.17) is 14.2 Å². The van der Waals surface area contributed by atoms with Crippen molar-refractivity contribution in [2.24, 2.45) is 0 Å². The van der Waals surface area contributed by atoms with Crippen LogP contribution in [0.3, 0.4) is 0 Å². The van der Waals surface area contributed by atoms with Crippen molar-refractivity contribution in [3.05, 3.63) is 53.1 Å². The molecule has 21 heavy (non-hydrogen) atoms. The minimum atomic E-state index is -0.624. The third-order valence-electron chi connectivity index (χ3n) is 3.58. The van der Waals surface area contributed by atoms with E-state index in [-0.39, 0.29) is 5.78 Å². The number of ether oxygens (including phenoxy) is 3. The summed E-state index contributed by atoms with van der Waals surface area (Å²) in [6.45, 7) is 1.94. The van der Waals surface area contributed by atoms with E-state index in [9.17, 15) is 4.79 Å². The second-order valence-electron chi connectivity index (χ2n) is 4.98. The zero-order chi connectivity index (χ0) is 15.0. The largest absolute Gasteiger partial charge is 0.497 e. The average Bonchev–Trinajstić information content (AvgIpc) is 2.83. The summed E-state index contributed by atoms with van der Waals surface area (Å²) in [5.74, 6) is 1.81. The Hall–Kier alpha value is -2.49. The van der Waals surface area contributed by atoms with Crippen molar-refractivity contribution in [3.63, 3.8) is 0 Å². The summed E-state index contributed by atoms with van der Waals surface area (Å²) in [7, 11) is 3.17. The van der Waals surface area contributed by atoms with Crippen molar-refractivity contribution in [2.45, 2.75) is 13.0 Å². The number of carbonyl (C=O) groups excluding carboxylic acids is 1. The summed E-state index contributed by atoms with van der Waals surface area (Å²) in [6.07, 6.45) is -0.624. The minimum Gasteiger partial charge on any atom is -0.497 e. The van der Waals surface area contributed by atoms with Crippen LogP contribution >= 0.6 is 0 Å². The Balaban J connectivity index is 1.99. The normalized spacial score (nSPS) is 16.3. The number of Topliss-reactive ketones (excluding diaryl/α,β-unsaturated/α-hetero) is 1. The van der Waals surface area contributed by atoms with Crippen LogP contribution in [0.2, 0.25) is 0 Å². The van der Waals surface area contributed by atoms with Gasteiger partial charge in [0.1, 0.15) is 22.8 Å². The summed E-state index contributed by atoms with van der Waals surface area (Å²) in [6, 6.07) is 11.0. The van der Waals surface area contributed by atoms with Gasteiger partial charge in [0, 0.05) is 5.56 Å². The first-order valence-corrected chi connectivity index (χ1v) is 6.67. The molecule has 0 amide bonds. The Bertz CT molecular complexity index is 689. The molecule has 0 spiro atoms. The van der Waals surface area contributed by atoms with Gasteiger partial charge >= 0.3 is 0 Å². The average molecular weight is 284 g/mol. The number of carbonyl (C=O) groups is 1. The van der Waals surface area contributed by atoms with Gasteiger partial charge in [-0.05, 0) is 36.8 Å². The Labute approximate surface area is 123 Å². The number of ketones is 1. The van der Waals surface area contributed by atoms with Crippen LogP contribution < -0.4 is 14.2 Å². The predicted octanol–water partition coefficient (Wildman–Crippen LogP) is 3.33. The van der Waals surface area contributed by atoms with E-state index in [1.165, 1.54) is 0 Å². The van der Waals surface area contributed by atoms with Gasteiger partial charge in [-0.2, -0.15) is 0 Å². The molecule has 3 rings (SSSR count). The van der Waals surface area contributed by atoms with Crippen LogP contribution in [0, 0.1) is 6.92 Å². The third-order valence-corrected chi connectivity index (χ3v) is 3.58. The standard InChI is InChI=1S/C17H16O4/c1-10-8-13(20-3)15-14(9-10)21-17(16(15)18)11-4-6-12(19-2)7-5-11/h4-9,17H,1-3H3/t17-/m1/s1. The lowest BCUT2D eigenvalue weighted by atomic mass is 10.0. The molecule has 2 aromatic carbocycles. The maximum Gasteiger partial charge on any atom is 0.215 e. The zero-order valence-corrected chi connectivity index (χ0v) is 12.2. The number of rotatable bonds is 3. The molecule has 0 unspecified atom stereocenters. The zero-order valence-electron chi connectivity index (χ0n) is 12.2. The molecule has 4 nitrogen and oxygen atoms in total. The van der Waals surface area contributed by atoms with Crippen LogP contribution in [-0.4, -0.2) is 20.0 Å². The van der Waals surface area contributed by atoms with Crippen molar-refractivity contribution < 1.29 is 19.0 Å². The quantitative estimate of drug-likeness (QED) is 0.867. The van der Waals surface area contributed by atoms with Gasteiger partial charge in [-0.25, -0.2) is 0 Å². The van der Waals surface area contributed by atoms with Gasteiger partial charge in [0.25, 0.3) is 0 Å². The molecule has 0 N–H and O–H groups in total. The Morgan fingerprint density at radius 1 is 1.05 bits per heavy atom. The molecule has 0 radical (unpaired) electrons. The molecular formula is C17H16O4. The number of aryl methyl sites for hydroxylation is 1. The molecular weight excluding hydrogens is 268 g/mol. The molecule has 1 atom stereocenters. The Kier molecular flexibility index (Phi) is 3.29. The van der Waals surface area contributed by atoms with Crippen molar-refractivity contribution in [1.29, 1.82) is 0 Å². The topological polar surface area (TPSA) is 44.8 Å². The molecule has 1 aliphatic rings. The van der Waals surface area contributed by atoms with Crippen LogP contribution in [0.1, 0.15) is 27.6 Å². The first-order valence-electron chi connectivity index (χ1n) is 6.67. The van der Waals surface area contributed by atoms with Crippen molar-refractivity contribution in [3.8, 4) is 17.2 Å². The maximum absolute atomic E-state index is 12.6. The lowest BCUT2D eigenvalue weighted by Gasteiger charge is -2.10. The van der Waals surface area contributed by atoms with Gasteiger partial charge in [0.2, 0.25) is 5.78 Å². The summed E-state index contributed by atoms with van der Waals surface area (Å²) in [4.78, 5) is 12.6. The van der Waals surface area contributed by atoms with Crippen LogP contribution in [0.5, 0.6) is 17.2 Å². The van der Waals surface area contributed by atoms with Crippen molar-refractivity contribution in [1.82, 2.24) is 0 Å². The Morgan fingerprint density at radius 2 is 1.76 bits per heavy atom. The van der Waals surface area contributed by atoms with E-state index < -0.39 is 6.10 Å². The highest BCUT2D eigenvalue weighted by molar-refractivity contribution is 6.07. The number of benzene rings is 2. The van der Waals surface area contributed by atoms with Crippen LogP contribution in [0.4, 0.5) is 0 Å². The molecule has 1 aliphatic heterocycles. The lowest BCUT2D eigenvalue weighted by Crippen LogP contribution is -2.11. The van der Waals surface area contributed by atoms with E-state index in [0.717, 1.165) is 16.9 Å². The molecule has 0 saturated carbocycles. The fourth-order valence-electron chi connectivity index (χ4n) is 2.53. The number of hydrogen-bond acceptors (Lipinski definition) is 4. The van der Waals surface area contributed by atoms with E-state index in [1.807, 2.05) is 43.3 Å². The SMILES string of the molecule is COc1ccc([C@H]2Oc3cc(C)cc(OC)c3C2=O)cc1. The first-order chi connectivity index (χ1) is 10.1. The van der Waals surface area contributed by atoms with Gasteiger partial charge in [0.05, 0.1) is 14.2 Å². The maximum atomic E-state index is 12.6. The van der Waals surface area contributed by atoms with Gasteiger partial charge in [0.15, 0.2) is 6.10 Å². The highest BCUT2D eigenvalue weighted by atomic mass is 16.5. The summed E-state index contributed by atoms with van der Waals surface area (Å²) < 4.78 is 16.3. The monoisotopic (exact) mass is 284 g/mol. The summed E-state index contributed by atoms with van der Waals surface area (Å²) in [5, 5.41) is 0. The highest BCUT2D eigenvalue weighted by Gasteiger charge is 2.36. The van der Waals surface area contributed by atoms with Gasteiger partial charge < -0.3 is 14.2 Å². The molecule has 0 saturated heterocycles. The van der Waals surface area contributed by atoms with Crippen LogP contribution in [-0.2, 0) is 0 Å². The second-order valence-corrected chi connectivity index (χ2v) is 4.98. The second kappa shape index (κ2) is 5.13. The smallest absolute Gasteiger partial charge is 0.215 e. The molecule has 4 heteroatoms. The lowest BCUT2D eigenvalue weighted by molar-refractivity contribution is 0.0856. The van der Waals surface area contributed by atoms with E-state index in [1.54, 1.807) is 14.2 Å². The molecule has 0 bridgehead atoms. The molecule has 0 aliphatic carbocycles. The van der Waals surface area contributed by atoms with Gasteiger partial charge in [-0.3, -0.25) is 4.79 Å². The van der Waals surface area contributed by atoms with Gasteiger partial charge in [-0.1, -0.05) is 12.1 Å². The Morgan fingerprint density at radius 3 is 2.38 bits per heavy atom. The fourth-order valence-corrected chi connectivity index (χ4v) is 2.53. The van der Waals surface area contributed by atoms with Gasteiger partial charge in [-0.15, -0.1) is 0 Å². The fraction of sp³-hybridized carbons (Fsp3) is 0.235. The summed E-state index contributed by atoms with van der Waals surface area (Å²) in [5.41, 5.74) is 2.31. The third kappa shape index (κ3) is 2.23. The molecule has 1 heterocycles. The molecule has 2 aromatic rings. The minimum absolute atomic E-state index is 0.0768. The van der Waals surface area contributed by atoms with Crippen molar-refractivity contribution in [2.75, 3.05) is 14.2 Å². The van der Waals surface area contributed by atoms with E-state index in [0.29, 0.717) is 17.1 Å².